The van der Waals surface area contributed by atoms with Crippen LogP contribution in [0.1, 0.15) is 11.1 Å². The molecule has 0 spiro atoms. The lowest BCUT2D eigenvalue weighted by Gasteiger charge is -2.10. The van der Waals surface area contributed by atoms with Crippen LogP contribution in [0.5, 0.6) is 0 Å². The van der Waals surface area contributed by atoms with Crippen molar-refractivity contribution in [1.29, 1.82) is 5.26 Å². The number of rotatable bonds is 3. The van der Waals surface area contributed by atoms with Gasteiger partial charge in [-0.25, -0.2) is 0 Å². The van der Waals surface area contributed by atoms with E-state index < -0.39 is 4.92 Å². The number of nitriles is 1. The highest BCUT2D eigenvalue weighted by Crippen LogP contribution is 2.30. The van der Waals surface area contributed by atoms with E-state index in [-0.39, 0.29) is 11.3 Å². The summed E-state index contributed by atoms with van der Waals surface area (Å²) in [5.41, 5.74) is 2.26. The Morgan fingerprint density at radius 2 is 2.10 bits per heavy atom. The Morgan fingerprint density at radius 3 is 2.75 bits per heavy atom. The van der Waals surface area contributed by atoms with Crippen molar-refractivity contribution >= 4 is 33.0 Å². The van der Waals surface area contributed by atoms with Crippen molar-refractivity contribution in [1.82, 2.24) is 0 Å². The molecule has 20 heavy (non-hydrogen) atoms. The van der Waals surface area contributed by atoms with Crippen molar-refractivity contribution in [3.8, 4) is 6.07 Å². The van der Waals surface area contributed by atoms with E-state index in [0.29, 0.717) is 5.69 Å². The van der Waals surface area contributed by atoms with Crippen LogP contribution in [0.15, 0.2) is 40.9 Å². The zero-order chi connectivity index (χ0) is 14.7. The Bertz CT molecular complexity index is 723. The molecule has 0 unspecified atom stereocenters. The molecule has 0 aliphatic heterocycles. The molecule has 0 radical (unpaired) electrons. The van der Waals surface area contributed by atoms with Gasteiger partial charge >= 0.3 is 0 Å². The van der Waals surface area contributed by atoms with Crippen LogP contribution in [0.3, 0.4) is 0 Å². The van der Waals surface area contributed by atoms with E-state index in [4.69, 9.17) is 5.26 Å². The van der Waals surface area contributed by atoms with E-state index in [1.54, 1.807) is 6.07 Å². The third-order valence-corrected chi connectivity index (χ3v) is 3.84. The Morgan fingerprint density at radius 1 is 1.35 bits per heavy atom. The second-order valence-corrected chi connectivity index (χ2v) is 4.96. The van der Waals surface area contributed by atoms with Gasteiger partial charge in [0.15, 0.2) is 0 Å². The molecule has 0 bridgehead atoms. The normalized spacial score (nSPS) is 9.85. The van der Waals surface area contributed by atoms with Crippen LogP contribution in [-0.2, 0) is 0 Å². The van der Waals surface area contributed by atoms with Crippen LogP contribution in [0.25, 0.3) is 0 Å². The van der Waals surface area contributed by atoms with Crippen LogP contribution in [0.2, 0.25) is 0 Å². The fraction of sp³-hybridized carbons (Fsp3) is 0.0714. The van der Waals surface area contributed by atoms with Crippen LogP contribution >= 0.6 is 15.9 Å². The number of nitro groups is 1. The van der Waals surface area contributed by atoms with Gasteiger partial charge in [0.25, 0.3) is 5.69 Å². The van der Waals surface area contributed by atoms with Gasteiger partial charge in [-0.15, -0.1) is 0 Å². The first-order valence-corrected chi connectivity index (χ1v) is 6.53. The molecule has 2 rings (SSSR count). The summed E-state index contributed by atoms with van der Waals surface area (Å²) >= 11 is 3.46. The van der Waals surface area contributed by atoms with E-state index in [2.05, 4.69) is 21.2 Å². The molecule has 0 heterocycles. The van der Waals surface area contributed by atoms with E-state index >= 15 is 0 Å². The molecule has 2 aromatic rings. The minimum Gasteiger partial charge on any atom is -0.354 e. The number of benzene rings is 2. The molecule has 6 heteroatoms. The third kappa shape index (κ3) is 2.78. The first-order chi connectivity index (χ1) is 9.52. The Balaban J connectivity index is 2.40. The fourth-order valence-corrected chi connectivity index (χ4v) is 2.12. The van der Waals surface area contributed by atoms with E-state index in [1.165, 1.54) is 12.1 Å². The summed E-state index contributed by atoms with van der Waals surface area (Å²) in [6.07, 6.45) is 0. The zero-order valence-electron chi connectivity index (χ0n) is 10.6. The highest BCUT2D eigenvalue weighted by Gasteiger charge is 2.14. The average Bonchev–Trinajstić information content (AvgIpc) is 2.43. The molecule has 0 aliphatic carbocycles. The van der Waals surface area contributed by atoms with Gasteiger partial charge in [0.1, 0.15) is 11.6 Å². The largest absolute Gasteiger partial charge is 0.354 e. The molecule has 5 nitrogen and oxygen atoms in total. The molecule has 0 saturated heterocycles. The van der Waals surface area contributed by atoms with E-state index in [1.807, 2.05) is 31.2 Å². The number of aryl methyl sites for hydroxylation is 1. The van der Waals surface area contributed by atoms with Crippen molar-refractivity contribution in [2.24, 2.45) is 0 Å². The van der Waals surface area contributed by atoms with Crippen LogP contribution in [0, 0.1) is 28.4 Å². The maximum absolute atomic E-state index is 10.9. The van der Waals surface area contributed by atoms with Crippen LogP contribution in [0.4, 0.5) is 17.1 Å². The number of nitrogens with one attached hydrogen (secondary N) is 1. The number of halogens is 1. The predicted molar refractivity (Wildman–Crippen MR) is 80.0 cm³/mol. The highest BCUT2D eigenvalue weighted by atomic mass is 79.9. The monoisotopic (exact) mass is 331 g/mol. The van der Waals surface area contributed by atoms with E-state index in [9.17, 15) is 10.1 Å². The average molecular weight is 332 g/mol. The van der Waals surface area contributed by atoms with Crippen molar-refractivity contribution in [3.63, 3.8) is 0 Å². The molecule has 1 N–H and O–H groups in total. The molecular weight excluding hydrogens is 322 g/mol. The minimum atomic E-state index is -0.560. The maximum atomic E-state index is 10.9. The van der Waals surface area contributed by atoms with Crippen LogP contribution < -0.4 is 5.32 Å². The number of nitro benzene ring substituents is 1. The summed E-state index contributed by atoms with van der Waals surface area (Å²) in [6.45, 7) is 1.95. The maximum Gasteiger partial charge on any atom is 0.289 e. The second kappa shape index (κ2) is 5.72. The van der Waals surface area contributed by atoms with Crippen molar-refractivity contribution in [3.05, 3.63) is 62.1 Å². The Labute approximate surface area is 124 Å². The van der Waals surface area contributed by atoms with Crippen LogP contribution in [-0.4, -0.2) is 4.92 Å². The molecule has 100 valence electrons. The first-order valence-electron chi connectivity index (χ1n) is 5.73. The predicted octanol–water partition coefficient (Wildman–Crippen LogP) is 4.28. The Hall–Kier alpha value is -2.39. The molecule has 2 aromatic carbocycles. The van der Waals surface area contributed by atoms with Gasteiger partial charge in [0, 0.05) is 16.2 Å². The van der Waals surface area contributed by atoms with Gasteiger partial charge in [-0.3, -0.25) is 10.1 Å². The molecule has 0 aliphatic rings. The number of nitrogens with zero attached hydrogens (tertiary/aromatic N) is 2. The van der Waals surface area contributed by atoms with Gasteiger partial charge in [-0.1, -0.05) is 12.1 Å². The van der Waals surface area contributed by atoms with Gasteiger partial charge in [0.05, 0.1) is 10.6 Å². The standard InChI is InChI=1S/C14H10BrN3O2/c1-9-3-2-4-12(14(9)15)17-11-6-5-10(8-16)13(7-11)18(19)20/h2-7,17H,1H3. The smallest absolute Gasteiger partial charge is 0.289 e. The zero-order valence-corrected chi connectivity index (χ0v) is 12.1. The SMILES string of the molecule is Cc1cccc(Nc2ccc(C#N)c([N+](=O)[O-])c2)c1Br. The summed E-state index contributed by atoms with van der Waals surface area (Å²) in [4.78, 5) is 10.4. The van der Waals surface area contributed by atoms with Crippen molar-refractivity contribution < 1.29 is 4.92 Å². The van der Waals surface area contributed by atoms with Gasteiger partial charge in [0.2, 0.25) is 0 Å². The van der Waals surface area contributed by atoms with Gasteiger partial charge < -0.3 is 5.32 Å². The summed E-state index contributed by atoms with van der Waals surface area (Å²) in [7, 11) is 0. The molecule has 0 amide bonds. The summed E-state index contributed by atoms with van der Waals surface area (Å²) in [5, 5.41) is 22.9. The lowest BCUT2D eigenvalue weighted by molar-refractivity contribution is -0.385. The van der Waals surface area contributed by atoms with E-state index in [0.717, 1.165) is 15.7 Å². The first kappa shape index (κ1) is 14.0. The summed E-state index contributed by atoms with van der Waals surface area (Å²) < 4.78 is 0.895. The highest BCUT2D eigenvalue weighted by molar-refractivity contribution is 9.10. The lowest BCUT2D eigenvalue weighted by Crippen LogP contribution is -1.96. The van der Waals surface area contributed by atoms with Gasteiger partial charge in [-0.2, -0.15) is 5.26 Å². The van der Waals surface area contributed by atoms with Gasteiger partial charge in [-0.05, 0) is 46.6 Å². The van der Waals surface area contributed by atoms with Crippen molar-refractivity contribution in [2.75, 3.05) is 5.32 Å². The second-order valence-electron chi connectivity index (χ2n) is 4.16. The quantitative estimate of drug-likeness (QED) is 0.672. The minimum absolute atomic E-state index is 0.0452. The number of anilines is 2. The summed E-state index contributed by atoms with van der Waals surface area (Å²) in [5.74, 6) is 0. The number of hydrogen-bond donors (Lipinski definition) is 1. The Kier molecular flexibility index (Phi) is 4.01. The summed E-state index contributed by atoms with van der Waals surface area (Å²) in [6, 6.07) is 11.9. The molecule has 0 saturated carbocycles. The number of hydrogen-bond acceptors (Lipinski definition) is 4. The molecule has 0 fully saturated rings. The lowest BCUT2D eigenvalue weighted by atomic mass is 10.1. The molecule has 0 atom stereocenters. The topological polar surface area (TPSA) is 79.0 Å². The third-order valence-electron chi connectivity index (χ3n) is 2.79. The van der Waals surface area contributed by atoms with Crippen molar-refractivity contribution in [2.45, 2.75) is 6.92 Å². The molecular formula is C14H10BrN3O2. The fourth-order valence-electron chi connectivity index (χ4n) is 1.75. The molecule has 0 aromatic heterocycles.